The van der Waals surface area contributed by atoms with Gasteiger partial charge in [-0.25, -0.2) is 0 Å². The Labute approximate surface area is 120 Å². The summed E-state index contributed by atoms with van der Waals surface area (Å²) in [7, 11) is 0. The zero-order chi connectivity index (χ0) is 14.2. The van der Waals surface area contributed by atoms with E-state index in [4.69, 9.17) is 0 Å². The van der Waals surface area contributed by atoms with Gasteiger partial charge in [-0.05, 0) is 18.5 Å². The van der Waals surface area contributed by atoms with Crippen molar-refractivity contribution in [1.82, 2.24) is 9.80 Å². The van der Waals surface area contributed by atoms with Crippen molar-refractivity contribution in [2.45, 2.75) is 19.4 Å². The average molecular weight is 277 g/mol. The Morgan fingerprint density at radius 1 is 1.00 bits per heavy atom. The minimum absolute atomic E-state index is 0.105. The number of piperazine rings is 1. The van der Waals surface area contributed by atoms with E-state index in [-0.39, 0.29) is 11.5 Å². The summed E-state index contributed by atoms with van der Waals surface area (Å²) < 4.78 is 0. The van der Waals surface area contributed by atoms with Crippen LogP contribution in [0.2, 0.25) is 0 Å². The molecule has 0 spiro atoms. The Bertz CT molecular complexity index is 403. The Morgan fingerprint density at radius 2 is 1.65 bits per heavy atom. The number of nitrogens with zero attached hydrogens (tertiary/aromatic N) is 3. The molecule has 5 nitrogen and oxygen atoms in total. The van der Waals surface area contributed by atoms with Crippen LogP contribution < -0.4 is 0 Å². The molecule has 0 unspecified atom stereocenters. The second-order valence-corrected chi connectivity index (χ2v) is 5.37. The van der Waals surface area contributed by atoms with Crippen LogP contribution in [0, 0.1) is 10.1 Å². The fourth-order valence-electron chi connectivity index (χ4n) is 2.59. The van der Waals surface area contributed by atoms with Gasteiger partial charge in [0.2, 0.25) is 6.54 Å². The topological polar surface area (TPSA) is 49.6 Å². The van der Waals surface area contributed by atoms with E-state index in [1.807, 2.05) is 6.07 Å². The molecular formula is C15H23N3O2. The van der Waals surface area contributed by atoms with Gasteiger partial charge in [0.15, 0.2) is 0 Å². The lowest BCUT2D eigenvalue weighted by molar-refractivity contribution is -0.480. The first kappa shape index (κ1) is 14.9. The molecule has 0 N–H and O–H groups in total. The molecule has 1 aliphatic heterocycles. The molecule has 20 heavy (non-hydrogen) atoms. The first-order valence-electron chi connectivity index (χ1n) is 7.34. The molecule has 1 heterocycles. The number of hydrogen-bond acceptors (Lipinski definition) is 4. The zero-order valence-corrected chi connectivity index (χ0v) is 11.9. The molecule has 1 aliphatic rings. The summed E-state index contributed by atoms with van der Waals surface area (Å²) in [4.78, 5) is 14.9. The van der Waals surface area contributed by atoms with Gasteiger partial charge >= 0.3 is 0 Å². The predicted octanol–water partition coefficient (Wildman–Crippen LogP) is 1.86. The predicted molar refractivity (Wildman–Crippen MR) is 79.3 cm³/mol. The third-order valence-electron chi connectivity index (χ3n) is 3.78. The van der Waals surface area contributed by atoms with Crippen LogP contribution in [-0.4, -0.2) is 54.0 Å². The van der Waals surface area contributed by atoms with E-state index in [1.54, 1.807) is 0 Å². The summed E-state index contributed by atoms with van der Waals surface area (Å²) in [5.74, 6) is 0. The second kappa shape index (κ2) is 7.97. The molecule has 0 aromatic heterocycles. The first-order chi connectivity index (χ1) is 9.74. The fraction of sp³-hybridized carbons (Fsp3) is 0.600. The van der Waals surface area contributed by atoms with Crippen molar-refractivity contribution in [2.24, 2.45) is 0 Å². The van der Waals surface area contributed by atoms with Gasteiger partial charge in [0, 0.05) is 44.1 Å². The Kier molecular flexibility index (Phi) is 5.95. The van der Waals surface area contributed by atoms with Crippen LogP contribution >= 0.6 is 0 Å². The summed E-state index contributed by atoms with van der Waals surface area (Å²) in [6, 6.07) is 10.6. The summed E-state index contributed by atoms with van der Waals surface area (Å²) in [5, 5.41) is 10.3. The minimum Gasteiger partial charge on any atom is -0.301 e. The van der Waals surface area contributed by atoms with Gasteiger partial charge < -0.3 is 4.90 Å². The molecule has 1 aromatic rings. The third kappa shape index (κ3) is 5.27. The average Bonchev–Trinajstić information content (AvgIpc) is 2.46. The quantitative estimate of drug-likeness (QED) is 0.434. The van der Waals surface area contributed by atoms with Gasteiger partial charge in [-0.2, -0.15) is 0 Å². The highest BCUT2D eigenvalue weighted by Gasteiger charge is 2.16. The highest BCUT2D eigenvalue weighted by Crippen LogP contribution is 2.09. The van der Waals surface area contributed by atoms with Gasteiger partial charge in [0.05, 0.1) is 0 Å². The van der Waals surface area contributed by atoms with Crippen LogP contribution in [0.3, 0.4) is 0 Å². The molecule has 1 fully saturated rings. The molecule has 0 saturated carbocycles. The van der Waals surface area contributed by atoms with Crippen LogP contribution in [0.5, 0.6) is 0 Å². The van der Waals surface area contributed by atoms with Crippen molar-refractivity contribution >= 4 is 0 Å². The lowest BCUT2D eigenvalue weighted by Crippen LogP contribution is -2.46. The van der Waals surface area contributed by atoms with Crippen LogP contribution in [0.15, 0.2) is 30.3 Å². The highest BCUT2D eigenvalue weighted by atomic mass is 16.6. The minimum atomic E-state index is -0.224. The highest BCUT2D eigenvalue weighted by molar-refractivity contribution is 5.14. The molecule has 0 atom stereocenters. The normalized spacial score (nSPS) is 17.2. The number of hydrogen-bond donors (Lipinski definition) is 0. The lowest BCUT2D eigenvalue weighted by Gasteiger charge is -2.34. The van der Waals surface area contributed by atoms with E-state index in [9.17, 15) is 10.1 Å². The summed E-state index contributed by atoms with van der Waals surface area (Å²) >= 11 is 0. The monoisotopic (exact) mass is 277 g/mol. The molecule has 1 aromatic carbocycles. The van der Waals surface area contributed by atoms with Crippen LogP contribution in [0.25, 0.3) is 0 Å². The maximum absolute atomic E-state index is 10.3. The maximum Gasteiger partial charge on any atom is 0.203 e. The zero-order valence-electron chi connectivity index (χ0n) is 11.9. The smallest absolute Gasteiger partial charge is 0.203 e. The molecular weight excluding hydrogens is 254 g/mol. The Hall–Kier alpha value is -1.46. The van der Waals surface area contributed by atoms with Gasteiger partial charge in [-0.1, -0.05) is 30.3 Å². The molecule has 5 heteroatoms. The number of rotatable bonds is 7. The van der Waals surface area contributed by atoms with Crippen molar-refractivity contribution in [3.05, 3.63) is 46.0 Å². The molecule has 2 rings (SSSR count). The van der Waals surface area contributed by atoms with E-state index in [2.05, 4.69) is 34.1 Å². The summed E-state index contributed by atoms with van der Waals surface area (Å²) in [6.45, 7) is 6.45. The van der Waals surface area contributed by atoms with E-state index < -0.39 is 0 Å². The maximum atomic E-state index is 10.3. The van der Waals surface area contributed by atoms with Crippen LogP contribution in [0.4, 0.5) is 0 Å². The van der Waals surface area contributed by atoms with Crippen LogP contribution in [0.1, 0.15) is 18.4 Å². The standard InChI is InChI=1S/C15H23N3O2/c19-18(20)9-5-4-8-16-10-12-17(13-11-16)14-15-6-2-1-3-7-15/h1-3,6-7H,4-5,8-14H2. The van der Waals surface area contributed by atoms with Crippen LogP contribution in [-0.2, 0) is 6.54 Å². The molecule has 0 aliphatic carbocycles. The first-order valence-corrected chi connectivity index (χ1v) is 7.34. The molecule has 1 saturated heterocycles. The van der Waals surface area contributed by atoms with Gasteiger partial charge in [-0.15, -0.1) is 0 Å². The van der Waals surface area contributed by atoms with Gasteiger partial charge in [-0.3, -0.25) is 15.0 Å². The fourth-order valence-corrected chi connectivity index (χ4v) is 2.59. The van der Waals surface area contributed by atoms with E-state index in [0.717, 1.165) is 45.7 Å². The molecule has 110 valence electrons. The molecule has 0 bridgehead atoms. The lowest BCUT2D eigenvalue weighted by atomic mass is 10.2. The largest absolute Gasteiger partial charge is 0.301 e. The third-order valence-corrected chi connectivity index (χ3v) is 3.78. The molecule has 0 radical (unpaired) electrons. The van der Waals surface area contributed by atoms with Crippen molar-refractivity contribution in [1.29, 1.82) is 0 Å². The Balaban J connectivity index is 1.61. The second-order valence-electron chi connectivity index (χ2n) is 5.37. The van der Waals surface area contributed by atoms with Crippen molar-refractivity contribution in [3.63, 3.8) is 0 Å². The van der Waals surface area contributed by atoms with Gasteiger partial charge in [0.1, 0.15) is 0 Å². The number of nitro groups is 1. The SMILES string of the molecule is O=[N+]([O-])CCCCN1CCN(Cc2ccccc2)CC1. The summed E-state index contributed by atoms with van der Waals surface area (Å²) in [5.41, 5.74) is 1.37. The number of unbranched alkanes of at least 4 members (excludes halogenated alkanes) is 1. The van der Waals surface area contributed by atoms with E-state index >= 15 is 0 Å². The van der Waals surface area contributed by atoms with Crippen molar-refractivity contribution < 1.29 is 4.92 Å². The van der Waals surface area contributed by atoms with Gasteiger partial charge in [0.25, 0.3) is 0 Å². The Morgan fingerprint density at radius 3 is 2.30 bits per heavy atom. The summed E-state index contributed by atoms with van der Waals surface area (Å²) in [6.07, 6.45) is 1.62. The molecule has 0 amide bonds. The van der Waals surface area contributed by atoms with Crippen molar-refractivity contribution in [3.8, 4) is 0 Å². The van der Waals surface area contributed by atoms with Crippen molar-refractivity contribution in [2.75, 3.05) is 39.3 Å². The van der Waals surface area contributed by atoms with E-state index in [1.165, 1.54) is 5.56 Å². The van der Waals surface area contributed by atoms with E-state index in [0.29, 0.717) is 6.42 Å². The number of benzene rings is 1.